The first kappa shape index (κ1) is 28.2. The van der Waals surface area contributed by atoms with Gasteiger partial charge < -0.3 is 16.0 Å². The zero-order valence-corrected chi connectivity index (χ0v) is 22.8. The Morgan fingerprint density at radius 3 is 2.45 bits per heavy atom. The number of halogens is 1. The van der Waals surface area contributed by atoms with Crippen molar-refractivity contribution in [2.75, 3.05) is 26.2 Å². The van der Waals surface area contributed by atoms with Crippen molar-refractivity contribution < 1.29 is 14.0 Å². The van der Waals surface area contributed by atoms with E-state index in [1.165, 1.54) is 29.8 Å². The maximum Gasteiger partial charge on any atom is 0.254 e. The van der Waals surface area contributed by atoms with Crippen LogP contribution in [0.1, 0.15) is 61.9 Å². The fourth-order valence-corrected chi connectivity index (χ4v) is 6.10. The Morgan fingerprint density at radius 1 is 1.05 bits per heavy atom. The first-order valence-electron chi connectivity index (χ1n) is 14.2. The maximum atomic E-state index is 13.6. The van der Waals surface area contributed by atoms with Crippen LogP contribution in [0, 0.1) is 23.6 Å². The molecular formula is C31H43FN4O2. The Labute approximate surface area is 226 Å². The van der Waals surface area contributed by atoms with Crippen LogP contribution in [0.3, 0.4) is 0 Å². The molecule has 0 aromatic heterocycles. The predicted octanol–water partition coefficient (Wildman–Crippen LogP) is 4.45. The number of amides is 2. The van der Waals surface area contributed by atoms with Crippen LogP contribution in [0.2, 0.25) is 0 Å². The van der Waals surface area contributed by atoms with Crippen molar-refractivity contribution in [3.63, 3.8) is 0 Å². The van der Waals surface area contributed by atoms with Crippen molar-refractivity contribution >= 4 is 11.8 Å². The van der Waals surface area contributed by atoms with Gasteiger partial charge in [0.1, 0.15) is 11.9 Å². The highest BCUT2D eigenvalue weighted by Gasteiger charge is 2.42. The Morgan fingerprint density at radius 2 is 1.76 bits per heavy atom. The van der Waals surface area contributed by atoms with Crippen molar-refractivity contribution in [2.45, 2.75) is 64.6 Å². The molecule has 0 bridgehead atoms. The molecule has 7 heteroatoms. The number of nitrogens with two attached hydrogens (primary N) is 1. The zero-order chi connectivity index (χ0) is 27.1. The van der Waals surface area contributed by atoms with Crippen LogP contribution in [-0.2, 0) is 11.3 Å². The third kappa shape index (κ3) is 7.41. The summed E-state index contributed by atoms with van der Waals surface area (Å²) in [6.07, 6.45) is 5.03. The summed E-state index contributed by atoms with van der Waals surface area (Å²) in [6.45, 7) is 7.80. The molecular weight excluding hydrogens is 479 g/mol. The normalized spacial score (nSPS) is 23.7. The molecule has 4 rings (SSSR count). The van der Waals surface area contributed by atoms with Gasteiger partial charge in [0.05, 0.1) is 0 Å². The third-order valence-corrected chi connectivity index (χ3v) is 8.07. The molecule has 2 fully saturated rings. The Bertz CT molecular complexity index is 1050. The Kier molecular flexibility index (Phi) is 9.91. The number of benzene rings is 2. The molecule has 2 amide bonds. The summed E-state index contributed by atoms with van der Waals surface area (Å²) in [4.78, 5) is 31.3. The number of carbonyl (C=O) groups excluding carboxylic acids is 2. The Balaban J connectivity index is 1.51. The van der Waals surface area contributed by atoms with Crippen molar-refractivity contribution in [3.8, 4) is 0 Å². The molecule has 2 aliphatic rings. The summed E-state index contributed by atoms with van der Waals surface area (Å²) in [5.41, 5.74) is 7.53. The van der Waals surface area contributed by atoms with Gasteiger partial charge in [0.15, 0.2) is 0 Å². The molecule has 1 saturated carbocycles. The molecule has 0 radical (unpaired) electrons. The lowest BCUT2D eigenvalue weighted by molar-refractivity contribution is -0.125. The smallest absolute Gasteiger partial charge is 0.254 e. The molecule has 206 valence electrons. The van der Waals surface area contributed by atoms with E-state index >= 15 is 0 Å². The summed E-state index contributed by atoms with van der Waals surface area (Å²) >= 11 is 0. The van der Waals surface area contributed by atoms with E-state index in [0.717, 1.165) is 38.8 Å². The van der Waals surface area contributed by atoms with Crippen molar-refractivity contribution in [1.29, 1.82) is 0 Å². The number of rotatable bonds is 10. The highest BCUT2D eigenvalue weighted by Crippen LogP contribution is 2.29. The van der Waals surface area contributed by atoms with Gasteiger partial charge in [0, 0.05) is 37.8 Å². The summed E-state index contributed by atoms with van der Waals surface area (Å²) in [6, 6.07) is 15.4. The van der Waals surface area contributed by atoms with Gasteiger partial charge in [-0.3, -0.25) is 14.5 Å². The average molecular weight is 523 g/mol. The van der Waals surface area contributed by atoms with E-state index < -0.39 is 6.04 Å². The topological polar surface area (TPSA) is 78.7 Å². The molecule has 3 N–H and O–H groups in total. The minimum absolute atomic E-state index is 0.0501. The minimum atomic E-state index is -0.558. The molecule has 38 heavy (non-hydrogen) atoms. The lowest BCUT2D eigenvalue weighted by Gasteiger charge is -2.30. The molecule has 4 unspecified atom stereocenters. The number of hydrogen-bond donors (Lipinski definition) is 2. The van der Waals surface area contributed by atoms with E-state index in [1.54, 1.807) is 4.90 Å². The molecule has 1 aliphatic carbocycles. The van der Waals surface area contributed by atoms with E-state index in [1.807, 2.05) is 18.2 Å². The molecule has 2 aromatic carbocycles. The summed E-state index contributed by atoms with van der Waals surface area (Å²) in [5.74, 6) is 0.689. The van der Waals surface area contributed by atoms with Gasteiger partial charge in [-0.2, -0.15) is 0 Å². The number of hydrogen-bond acceptors (Lipinski definition) is 4. The van der Waals surface area contributed by atoms with E-state index in [-0.39, 0.29) is 23.7 Å². The van der Waals surface area contributed by atoms with Crippen LogP contribution in [-0.4, -0.2) is 59.9 Å². The fourth-order valence-electron chi connectivity index (χ4n) is 6.10. The van der Waals surface area contributed by atoms with Gasteiger partial charge in [-0.05, 0) is 79.8 Å². The second kappa shape index (κ2) is 13.3. The fraction of sp³-hybridized carbons (Fsp3) is 0.548. The highest BCUT2D eigenvalue weighted by atomic mass is 19.1. The predicted molar refractivity (Wildman–Crippen MR) is 149 cm³/mol. The summed E-state index contributed by atoms with van der Waals surface area (Å²) in [5, 5.41) is 3.18. The minimum Gasteiger partial charge on any atom is -0.354 e. The highest BCUT2D eigenvalue weighted by molar-refractivity contribution is 5.98. The summed E-state index contributed by atoms with van der Waals surface area (Å²) in [7, 11) is 0. The Hall–Kier alpha value is -2.77. The lowest BCUT2D eigenvalue weighted by atomic mass is 9.81. The molecule has 1 saturated heterocycles. The average Bonchev–Trinajstić information content (AvgIpc) is 3.37. The van der Waals surface area contributed by atoms with Gasteiger partial charge in [0.25, 0.3) is 5.91 Å². The van der Waals surface area contributed by atoms with Crippen molar-refractivity contribution in [1.82, 2.24) is 15.1 Å². The SMILES string of the molecule is CC(C)CN(Cc1ccccc1)C1CC(C(=O)NCC2CCCC(CN)C2)N(C(=O)c2ccc(F)cc2)C1. The van der Waals surface area contributed by atoms with Crippen LogP contribution >= 0.6 is 0 Å². The molecule has 6 nitrogen and oxygen atoms in total. The van der Waals surface area contributed by atoms with Gasteiger partial charge in [-0.15, -0.1) is 0 Å². The zero-order valence-electron chi connectivity index (χ0n) is 22.8. The van der Waals surface area contributed by atoms with Crippen molar-refractivity contribution in [3.05, 3.63) is 71.5 Å². The van der Waals surface area contributed by atoms with Crippen LogP contribution in [0.5, 0.6) is 0 Å². The second-order valence-electron chi connectivity index (χ2n) is 11.6. The van der Waals surface area contributed by atoms with E-state index in [0.29, 0.717) is 49.4 Å². The lowest BCUT2D eigenvalue weighted by Crippen LogP contribution is -2.47. The molecule has 2 aromatic rings. The van der Waals surface area contributed by atoms with Crippen LogP contribution in [0.15, 0.2) is 54.6 Å². The number of nitrogens with zero attached hydrogens (tertiary/aromatic N) is 2. The monoisotopic (exact) mass is 522 g/mol. The first-order valence-corrected chi connectivity index (χ1v) is 14.2. The maximum absolute atomic E-state index is 13.6. The van der Waals surface area contributed by atoms with Gasteiger partial charge in [0.2, 0.25) is 5.91 Å². The van der Waals surface area contributed by atoms with E-state index in [9.17, 15) is 14.0 Å². The quantitative estimate of drug-likeness (QED) is 0.483. The molecule has 1 aliphatic heterocycles. The van der Waals surface area contributed by atoms with Crippen molar-refractivity contribution in [2.24, 2.45) is 23.5 Å². The first-order chi connectivity index (χ1) is 18.3. The molecule has 4 atom stereocenters. The van der Waals surface area contributed by atoms with Crippen LogP contribution in [0.4, 0.5) is 4.39 Å². The van der Waals surface area contributed by atoms with E-state index in [2.05, 4.69) is 36.2 Å². The second-order valence-corrected chi connectivity index (χ2v) is 11.6. The largest absolute Gasteiger partial charge is 0.354 e. The van der Waals surface area contributed by atoms with Crippen LogP contribution < -0.4 is 11.1 Å². The molecule has 0 spiro atoms. The van der Waals surface area contributed by atoms with Gasteiger partial charge in [-0.1, -0.05) is 50.6 Å². The number of likely N-dealkylation sites (tertiary alicyclic amines) is 1. The van der Waals surface area contributed by atoms with Gasteiger partial charge >= 0.3 is 0 Å². The van der Waals surface area contributed by atoms with E-state index in [4.69, 9.17) is 5.73 Å². The number of nitrogens with one attached hydrogen (secondary N) is 1. The van der Waals surface area contributed by atoms with Gasteiger partial charge in [-0.25, -0.2) is 4.39 Å². The summed E-state index contributed by atoms with van der Waals surface area (Å²) < 4.78 is 13.6. The standard InChI is InChI=1S/C31H43FN4O2/c1-22(2)19-35(20-23-7-4-3-5-8-23)28-16-29(30(37)34-18-25-10-6-9-24(15-25)17-33)36(21-28)31(38)26-11-13-27(32)14-12-26/h3-5,7-8,11-14,22,24-25,28-29H,6,9-10,15-21,33H2,1-2H3,(H,34,37). The third-order valence-electron chi connectivity index (χ3n) is 8.07. The molecule has 1 heterocycles. The number of carbonyl (C=O) groups is 2. The van der Waals surface area contributed by atoms with Crippen LogP contribution in [0.25, 0.3) is 0 Å².